The number of nitrogens with one attached hydrogen (secondary N) is 1. The predicted molar refractivity (Wildman–Crippen MR) is 140 cm³/mol. The van der Waals surface area contributed by atoms with E-state index in [-0.39, 0.29) is 17.7 Å². The van der Waals surface area contributed by atoms with E-state index in [1.54, 1.807) is 19.1 Å². The fraction of sp³-hybridized carbons (Fsp3) is 0.207. The quantitative estimate of drug-likeness (QED) is 0.324. The minimum Gasteiger partial charge on any atom is -0.494 e. The van der Waals surface area contributed by atoms with Gasteiger partial charge in [0.15, 0.2) is 0 Å². The molecule has 0 bridgehead atoms. The molecule has 1 unspecified atom stereocenters. The molecule has 0 fully saturated rings. The van der Waals surface area contributed by atoms with Crippen LogP contribution in [0, 0.1) is 19.7 Å². The fourth-order valence-electron chi connectivity index (χ4n) is 4.42. The summed E-state index contributed by atoms with van der Waals surface area (Å²) in [5.74, 6) is 1.13. The van der Waals surface area contributed by atoms with E-state index in [2.05, 4.69) is 10.5 Å². The highest BCUT2D eigenvalue weighted by Crippen LogP contribution is 2.39. The molecule has 1 aromatic heterocycles. The predicted octanol–water partition coefficient (Wildman–Crippen LogP) is 6.59. The van der Waals surface area contributed by atoms with Crippen molar-refractivity contribution in [2.24, 2.45) is 0 Å². The smallest absolute Gasteiger partial charge is 0.326 e. The van der Waals surface area contributed by atoms with Crippen molar-refractivity contribution in [1.82, 2.24) is 15.5 Å². The number of rotatable bonds is 6. The van der Waals surface area contributed by atoms with Crippen LogP contribution in [0.3, 0.4) is 0 Å². The molecule has 1 aliphatic rings. The van der Waals surface area contributed by atoms with Gasteiger partial charge in [0, 0.05) is 11.3 Å². The number of allylic oxidation sites excluding steroid dienone is 1. The van der Waals surface area contributed by atoms with Crippen molar-refractivity contribution >= 4 is 17.3 Å². The zero-order valence-corrected chi connectivity index (χ0v) is 21.1. The number of hydrogen-bond donors (Lipinski definition) is 1. The van der Waals surface area contributed by atoms with Crippen molar-refractivity contribution in [2.45, 2.75) is 33.7 Å². The number of aryl methyl sites for hydroxylation is 2. The van der Waals surface area contributed by atoms with Gasteiger partial charge in [0.2, 0.25) is 5.82 Å². The number of amides is 2. The van der Waals surface area contributed by atoms with Crippen LogP contribution in [0.15, 0.2) is 77.0 Å². The lowest BCUT2D eigenvalue weighted by Crippen LogP contribution is -2.46. The number of aromatic nitrogens is 2. The molecule has 7 nitrogen and oxygen atoms in total. The molecule has 0 aliphatic carbocycles. The second-order valence-corrected chi connectivity index (χ2v) is 8.94. The van der Waals surface area contributed by atoms with Crippen LogP contribution in [-0.2, 0) is 0 Å². The Kier molecular flexibility index (Phi) is 6.48. The fourth-order valence-corrected chi connectivity index (χ4v) is 4.42. The van der Waals surface area contributed by atoms with Gasteiger partial charge in [-0.3, -0.25) is 4.90 Å². The summed E-state index contributed by atoms with van der Waals surface area (Å²) in [6.45, 7) is 8.01. The highest BCUT2D eigenvalue weighted by Gasteiger charge is 2.36. The van der Waals surface area contributed by atoms with E-state index in [1.807, 2.05) is 69.3 Å². The Morgan fingerprint density at radius 2 is 1.76 bits per heavy atom. The first-order valence-corrected chi connectivity index (χ1v) is 12.1. The van der Waals surface area contributed by atoms with E-state index in [0.29, 0.717) is 35.0 Å². The lowest BCUT2D eigenvalue weighted by molar-refractivity contribution is 0.244. The molecule has 1 N–H and O–H groups in total. The Morgan fingerprint density at radius 1 is 1.03 bits per heavy atom. The number of nitrogens with zero attached hydrogens (tertiary/aromatic N) is 3. The lowest BCUT2D eigenvalue weighted by Gasteiger charge is -2.35. The molecule has 2 heterocycles. The maximum absolute atomic E-state index is 14.0. The van der Waals surface area contributed by atoms with Crippen LogP contribution >= 0.6 is 0 Å². The summed E-state index contributed by atoms with van der Waals surface area (Å²) >= 11 is 0. The van der Waals surface area contributed by atoms with Gasteiger partial charge < -0.3 is 14.6 Å². The van der Waals surface area contributed by atoms with Gasteiger partial charge in [-0.15, -0.1) is 0 Å². The SMILES string of the molecule is CCOc1ccc(-c2noc(C3=C(C)N(c4ccc(F)c(C)c4)C(=O)NC3c3ccc(C)cc3)n2)cc1. The zero-order chi connectivity index (χ0) is 26.1. The summed E-state index contributed by atoms with van der Waals surface area (Å²) < 4.78 is 25.3. The molecule has 4 aromatic rings. The van der Waals surface area contributed by atoms with E-state index in [1.165, 1.54) is 11.0 Å². The average Bonchev–Trinajstić information content (AvgIpc) is 3.37. The highest BCUT2D eigenvalue weighted by molar-refractivity contribution is 6.01. The molecule has 0 radical (unpaired) electrons. The molecule has 1 aliphatic heterocycles. The second-order valence-electron chi connectivity index (χ2n) is 8.94. The van der Waals surface area contributed by atoms with Gasteiger partial charge in [-0.25, -0.2) is 9.18 Å². The molecule has 8 heteroatoms. The van der Waals surface area contributed by atoms with E-state index in [0.717, 1.165) is 22.4 Å². The van der Waals surface area contributed by atoms with E-state index in [4.69, 9.17) is 14.2 Å². The van der Waals surface area contributed by atoms with Crippen LogP contribution in [0.1, 0.15) is 42.5 Å². The Morgan fingerprint density at radius 3 is 2.43 bits per heavy atom. The molecule has 3 aromatic carbocycles. The van der Waals surface area contributed by atoms with Gasteiger partial charge >= 0.3 is 6.03 Å². The van der Waals surface area contributed by atoms with Gasteiger partial charge in [-0.1, -0.05) is 35.0 Å². The molecule has 0 saturated heterocycles. The number of urea groups is 1. The molecule has 188 valence electrons. The molecule has 2 amide bonds. The number of carbonyl (C=O) groups excluding carboxylic acids is 1. The van der Waals surface area contributed by atoms with Crippen LogP contribution in [0.5, 0.6) is 5.75 Å². The van der Waals surface area contributed by atoms with Gasteiger partial charge in [0.1, 0.15) is 11.6 Å². The van der Waals surface area contributed by atoms with Gasteiger partial charge in [0.25, 0.3) is 5.89 Å². The molecular weight excluding hydrogens is 471 g/mol. The van der Waals surface area contributed by atoms with Crippen LogP contribution in [0.25, 0.3) is 17.0 Å². The Labute approximate surface area is 214 Å². The van der Waals surface area contributed by atoms with Crippen LogP contribution in [0.2, 0.25) is 0 Å². The molecular formula is C29H27FN4O3. The highest BCUT2D eigenvalue weighted by atomic mass is 19.1. The number of halogens is 1. The van der Waals surface area contributed by atoms with Crippen molar-refractivity contribution in [3.8, 4) is 17.1 Å². The maximum Gasteiger partial charge on any atom is 0.326 e. The van der Waals surface area contributed by atoms with E-state index < -0.39 is 6.04 Å². The Bertz CT molecular complexity index is 1480. The summed E-state index contributed by atoms with van der Waals surface area (Å²) in [5.41, 5.74) is 5.01. The van der Waals surface area contributed by atoms with Crippen molar-refractivity contribution in [1.29, 1.82) is 0 Å². The molecule has 37 heavy (non-hydrogen) atoms. The standard InChI is InChI=1S/C29H27FN4O3/c1-5-36-23-13-10-21(11-14-23)27-32-28(37-33-27)25-19(4)34(22-12-15-24(30)18(3)16-22)29(35)31-26(25)20-8-6-17(2)7-9-20/h6-16,26H,5H2,1-4H3,(H,31,35). The number of carbonyl (C=O) groups is 1. The largest absolute Gasteiger partial charge is 0.494 e. The third-order valence-corrected chi connectivity index (χ3v) is 6.38. The van der Waals surface area contributed by atoms with Crippen LogP contribution < -0.4 is 15.0 Å². The van der Waals surface area contributed by atoms with Crippen molar-refractivity contribution in [3.05, 3.63) is 101 Å². The topological polar surface area (TPSA) is 80.5 Å². The third-order valence-electron chi connectivity index (χ3n) is 6.38. The molecule has 1 atom stereocenters. The first-order valence-electron chi connectivity index (χ1n) is 12.1. The minimum absolute atomic E-state index is 0.288. The molecule has 0 saturated carbocycles. The number of hydrogen-bond acceptors (Lipinski definition) is 5. The lowest BCUT2D eigenvalue weighted by atomic mass is 9.94. The van der Waals surface area contributed by atoms with E-state index in [9.17, 15) is 9.18 Å². The van der Waals surface area contributed by atoms with Gasteiger partial charge in [-0.05, 0) is 81.3 Å². The third kappa shape index (κ3) is 4.70. The number of ether oxygens (including phenoxy) is 1. The first kappa shape index (κ1) is 24.2. The Balaban J connectivity index is 1.61. The Hall–Kier alpha value is -4.46. The van der Waals surface area contributed by atoms with Crippen molar-refractivity contribution in [2.75, 3.05) is 11.5 Å². The number of anilines is 1. The van der Waals surface area contributed by atoms with Gasteiger partial charge in [0.05, 0.1) is 23.9 Å². The zero-order valence-electron chi connectivity index (χ0n) is 21.1. The average molecular weight is 499 g/mol. The summed E-state index contributed by atoms with van der Waals surface area (Å²) in [5, 5.41) is 7.29. The summed E-state index contributed by atoms with van der Waals surface area (Å²) in [6, 6.07) is 19.1. The van der Waals surface area contributed by atoms with Crippen LogP contribution in [-0.4, -0.2) is 22.8 Å². The summed E-state index contributed by atoms with van der Waals surface area (Å²) in [6.07, 6.45) is 0. The number of benzene rings is 3. The first-order chi connectivity index (χ1) is 17.9. The van der Waals surface area contributed by atoms with Crippen LogP contribution in [0.4, 0.5) is 14.9 Å². The maximum atomic E-state index is 14.0. The summed E-state index contributed by atoms with van der Waals surface area (Å²) in [7, 11) is 0. The van der Waals surface area contributed by atoms with Crippen molar-refractivity contribution < 1.29 is 18.4 Å². The summed E-state index contributed by atoms with van der Waals surface area (Å²) in [4.78, 5) is 19.6. The molecule has 5 rings (SSSR count). The second kappa shape index (κ2) is 9.89. The van der Waals surface area contributed by atoms with E-state index >= 15 is 0 Å². The van der Waals surface area contributed by atoms with Gasteiger partial charge in [-0.2, -0.15) is 4.98 Å². The molecule has 0 spiro atoms. The normalized spacial score (nSPS) is 15.6. The minimum atomic E-state index is -0.514. The monoisotopic (exact) mass is 498 g/mol. The van der Waals surface area contributed by atoms with Crippen molar-refractivity contribution in [3.63, 3.8) is 0 Å².